The van der Waals surface area contributed by atoms with Crippen LogP contribution in [0, 0.1) is 11.3 Å². The number of alkyl halides is 3. The van der Waals surface area contributed by atoms with Crippen molar-refractivity contribution in [1.82, 2.24) is 19.7 Å². The Morgan fingerprint density at radius 2 is 2.03 bits per heavy atom. The van der Waals surface area contributed by atoms with Gasteiger partial charge in [0, 0.05) is 25.0 Å². The van der Waals surface area contributed by atoms with Gasteiger partial charge in [-0.05, 0) is 55.0 Å². The number of pyridine rings is 1. The summed E-state index contributed by atoms with van der Waals surface area (Å²) < 4.78 is 46.9. The van der Waals surface area contributed by atoms with Gasteiger partial charge in [0.05, 0.1) is 30.7 Å². The van der Waals surface area contributed by atoms with Gasteiger partial charge in [-0.25, -0.2) is 4.79 Å². The number of hydrogen-bond acceptors (Lipinski definition) is 7. The van der Waals surface area contributed by atoms with Gasteiger partial charge in [-0.3, -0.25) is 9.48 Å². The lowest BCUT2D eigenvalue weighted by Gasteiger charge is -2.40. The number of aromatic nitrogens is 3. The molecule has 0 bridgehead atoms. The number of carbonyl (C=O) groups excluding carboxylic acids is 1. The number of likely N-dealkylation sites (tertiary alicyclic amines) is 1. The molecule has 10 nitrogen and oxygen atoms in total. The number of ether oxygens (including phenoxy) is 1. The molecule has 0 unspecified atom stereocenters. The van der Waals surface area contributed by atoms with Gasteiger partial charge in [-0.15, -0.1) is 0 Å². The molecule has 3 heterocycles. The van der Waals surface area contributed by atoms with Crippen LogP contribution in [0.5, 0.6) is 0 Å². The smallest absolute Gasteiger partial charge is 0.421 e. The average molecular weight is 531 g/mol. The number of aliphatic hydroxyl groups is 1. The molecule has 13 heteroatoms. The molecule has 1 atom stereocenters. The fourth-order valence-corrected chi connectivity index (χ4v) is 5.53. The number of carbonyl (C=O) groups is 1. The van der Waals surface area contributed by atoms with Crippen LogP contribution in [-0.2, 0) is 22.3 Å². The van der Waals surface area contributed by atoms with Gasteiger partial charge in [0.15, 0.2) is 11.4 Å². The van der Waals surface area contributed by atoms with Gasteiger partial charge in [0.25, 0.3) is 5.56 Å². The summed E-state index contributed by atoms with van der Waals surface area (Å²) in [6, 6.07) is 8.03. The van der Waals surface area contributed by atoms with Crippen LogP contribution in [-0.4, -0.2) is 57.2 Å². The maximum atomic E-state index is 13.5. The first-order chi connectivity index (χ1) is 18.0. The third-order valence-corrected chi connectivity index (χ3v) is 7.63. The van der Waals surface area contributed by atoms with E-state index in [1.165, 1.54) is 31.5 Å². The molecule has 2 aliphatic rings. The molecule has 1 fully saturated rings. The molecule has 38 heavy (non-hydrogen) atoms. The number of piperidine rings is 1. The lowest BCUT2D eigenvalue weighted by atomic mass is 9.85. The number of rotatable bonds is 4. The second-order valence-electron chi connectivity index (χ2n) is 9.70. The molecule has 1 saturated heterocycles. The Kier molecular flexibility index (Phi) is 6.10. The number of aryl methyl sites for hydroxylation is 1. The summed E-state index contributed by atoms with van der Waals surface area (Å²) >= 11 is 0. The largest absolute Gasteiger partial charge is 0.453 e. The Morgan fingerprint density at radius 1 is 1.29 bits per heavy atom. The number of nitrogens with zero attached hydrogens (tertiary/aromatic N) is 4. The maximum absolute atomic E-state index is 13.5. The van der Waals surface area contributed by atoms with Gasteiger partial charge >= 0.3 is 12.3 Å². The standard InChI is InChI=1S/C25H25F3N6O4/c1-38-22(36)33-12-8-23(7-10-29,9-13-33)34-18-5-11-30-21(35)19(18)20(32-34)31-16-2-3-17-15(14-16)4-6-24(17,37)25(26,27)28/h2-3,5,11,14,37H,4,6-9,12-13H2,1H3,(H,30,35)(H,31,32)/t24-/m1/s1. The minimum Gasteiger partial charge on any atom is -0.453 e. The van der Waals surface area contributed by atoms with Crippen molar-refractivity contribution < 1.29 is 27.8 Å². The van der Waals surface area contributed by atoms with Crippen LogP contribution in [0.3, 0.4) is 0 Å². The number of fused-ring (bicyclic) bond motifs is 2. The fourth-order valence-electron chi connectivity index (χ4n) is 5.53. The predicted octanol–water partition coefficient (Wildman–Crippen LogP) is 3.64. The monoisotopic (exact) mass is 530 g/mol. The molecule has 1 aromatic carbocycles. The van der Waals surface area contributed by atoms with Crippen LogP contribution < -0.4 is 10.9 Å². The third-order valence-electron chi connectivity index (χ3n) is 7.63. The number of methoxy groups -OCH3 is 1. The first kappa shape index (κ1) is 25.6. The molecule has 0 radical (unpaired) electrons. The number of hydrogen-bond donors (Lipinski definition) is 3. The highest BCUT2D eigenvalue weighted by Gasteiger charge is 2.57. The highest BCUT2D eigenvalue weighted by Crippen LogP contribution is 2.48. The van der Waals surface area contributed by atoms with E-state index in [1.54, 1.807) is 15.6 Å². The van der Waals surface area contributed by atoms with Crippen LogP contribution >= 0.6 is 0 Å². The van der Waals surface area contributed by atoms with E-state index in [1.807, 2.05) is 0 Å². The van der Waals surface area contributed by atoms with E-state index in [4.69, 9.17) is 4.74 Å². The molecular weight excluding hydrogens is 505 g/mol. The van der Waals surface area contributed by atoms with Gasteiger partial charge < -0.3 is 25.0 Å². The van der Waals surface area contributed by atoms with Gasteiger partial charge in [0.2, 0.25) is 0 Å². The second-order valence-corrected chi connectivity index (χ2v) is 9.70. The summed E-state index contributed by atoms with van der Waals surface area (Å²) in [6.45, 7) is 0.656. The van der Waals surface area contributed by atoms with Gasteiger partial charge in [0.1, 0.15) is 5.39 Å². The molecule has 5 rings (SSSR count). The van der Waals surface area contributed by atoms with Crippen molar-refractivity contribution in [3.8, 4) is 6.07 Å². The van der Waals surface area contributed by atoms with Crippen molar-refractivity contribution in [2.45, 2.75) is 49.4 Å². The maximum Gasteiger partial charge on any atom is 0.421 e. The zero-order valence-corrected chi connectivity index (χ0v) is 20.4. The number of nitrogens with one attached hydrogen (secondary N) is 2. The summed E-state index contributed by atoms with van der Waals surface area (Å²) in [5.41, 5.74) is -3.08. The van der Waals surface area contributed by atoms with Crippen molar-refractivity contribution in [3.63, 3.8) is 0 Å². The van der Waals surface area contributed by atoms with Crippen LogP contribution in [0.1, 0.15) is 36.8 Å². The molecule has 3 N–H and O–H groups in total. The average Bonchev–Trinajstić information content (AvgIpc) is 3.44. The number of nitriles is 1. The Hall–Kier alpha value is -4.05. The Labute approximate surface area is 214 Å². The first-order valence-electron chi connectivity index (χ1n) is 12.0. The number of amides is 1. The summed E-state index contributed by atoms with van der Waals surface area (Å²) in [7, 11) is 1.30. The zero-order valence-electron chi connectivity index (χ0n) is 20.4. The summed E-state index contributed by atoms with van der Waals surface area (Å²) in [6.07, 6.45) is -3.34. The summed E-state index contributed by atoms with van der Waals surface area (Å²) in [5, 5.41) is 27.9. The molecule has 1 aliphatic carbocycles. The highest BCUT2D eigenvalue weighted by molar-refractivity contribution is 5.91. The van der Waals surface area contributed by atoms with Crippen LogP contribution in [0.25, 0.3) is 10.9 Å². The van der Waals surface area contributed by atoms with Crippen molar-refractivity contribution in [2.24, 2.45) is 0 Å². The Bertz CT molecular complexity index is 1500. The lowest BCUT2D eigenvalue weighted by molar-refractivity contribution is -0.265. The summed E-state index contributed by atoms with van der Waals surface area (Å²) in [4.78, 5) is 29.0. The number of benzene rings is 1. The minimum atomic E-state index is -4.80. The quantitative estimate of drug-likeness (QED) is 0.469. The van der Waals surface area contributed by atoms with Crippen LogP contribution in [0.15, 0.2) is 35.3 Å². The van der Waals surface area contributed by atoms with E-state index in [9.17, 15) is 33.1 Å². The van der Waals surface area contributed by atoms with E-state index in [-0.39, 0.29) is 29.6 Å². The summed E-state index contributed by atoms with van der Waals surface area (Å²) in [5.74, 6) is 0.179. The number of H-pyrrole nitrogens is 1. The molecular formula is C25H25F3N6O4. The molecule has 1 aliphatic heterocycles. The molecule has 1 amide bonds. The molecule has 2 aromatic heterocycles. The molecule has 0 spiro atoms. The lowest BCUT2D eigenvalue weighted by Crippen LogP contribution is -2.48. The van der Waals surface area contributed by atoms with Crippen LogP contribution in [0.2, 0.25) is 0 Å². The van der Waals surface area contributed by atoms with E-state index in [0.717, 1.165) is 0 Å². The van der Waals surface area contributed by atoms with E-state index < -0.39 is 35.4 Å². The zero-order chi connectivity index (χ0) is 27.3. The number of aromatic amines is 1. The minimum absolute atomic E-state index is 0.0403. The number of halogens is 3. The normalized spacial score (nSPS) is 20.7. The van der Waals surface area contributed by atoms with Crippen molar-refractivity contribution in [2.75, 3.05) is 25.5 Å². The van der Waals surface area contributed by atoms with E-state index in [0.29, 0.717) is 42.7 Å². The van der Waals surface area contributed by atoms with E-state index in [2.05, 4.69) is 21.5 Å². The molecule has 3 aromatic rings. The van der Waals surface area contributed by atoms with Crippen molar-refractivity contribution in [3.05, 3.63) is 51.9 Å². The number of anilines is 2. The Morgan fingerprint density at radius 3 is 2.68 bits per heavy atom. The first-order valence-corrected chi connectivity index (χ1v) is 12.0. The SMILES string of the molecule is COC(=O)N1CCC(CC#N)(n2nc(Nc3ccc4c(c3)CC[C@]4(O)C(F)(F)F)c3c(=O)[nH]ccc32)CC1. The molecule has 200 valence electrons. The van der Waals surface area contributed by atoms with Crippen molar-refractivity contribution >= 4 is 28.5 Å². The third kappa shape index (κ3) is 3.96. The van der Waals surface area contributed by atoms with Gasteiger partial charge in [-0.1, -0.05) is 6.07 Å². The highest BCUT2D eigenvalue weighted by atomic mass is 19.4. The predicted molar refractivity (Wildman–Crippen MR) is 130 cm³/mol. The van der Waals surface area contributed by atoms with Crippen molar-refractivity contribution in [1.29, 1.82) is 5.26 Å². The van der Waals surface area contributed by atoms with Gasteiger partial charge in [-0.2, -0.15) is 23.5 Å². The van der Waals surface area contributed by atoms with E-state index >= 15 is 0 Å². The second kappa shape index (κ2) is 9.05. The van der Waals surface area contributed by atoms with Crippen LogP contribution in [0.4, 0.5) is 29.5 Å². The molecule has 0 saturated carbocycles. The topological polar surface area (TPSA) is 136 Å². The Balaban J connectivity index is 1.54. The fraction of sp³-hybridized carbons (Fsp3) is 0.440.